The number of hydrogen-bond acceptors (Lipinski definition) is 2. The van der Waals surface area contributed by atoms with Crippen LogP contribution in [0, 0.1) is 6.92 Å². The molecule has 0 spiro atoms. The first kappa shape index (κ1) is 14.1. The van der Waals surface area contributed by atoms with Crippen molar-refractivity contribution in [3.05, 3.63) is 83.7 Å². The molecule has 0 saturated heterocycles. The fourth-order valence-electron chi connectivity index (χ4n) is 2.28. The van der Waals surface area contributed by atoms with Crippen molar-refractivity contribution in [2.45, 2.75) is 13.5 Å². The van der Waals surface area contributed by atoms with Gasteiger partial charge in [0.15, 0.2) is 0 Å². The molecule has 22 heavy (non-hydrogen) atoms. The maximum atomic E-state index is 12.2. The Hall–Kier alpha value is -2.88. The zero-order valence-corrected chi connectivity index (χ0v) is 12.4. The Labute approximate surface area is 129 Å². The molecule has 110 valence electrons. The van der Waals surface area contributed by atoms with Crippen LogP contribution in [-0.4, -0.2) is 15.7 Å². The van der Waals surface area contributed by atoms with E-state index in [9.17, 15) is 4.79 Å². The van der Waals surface area contributed by atoms with Crippen molar-refractivity contribution in [3.8, 4) is 5.69 Å². The van der Waals surface area contributed by atoms with E-state index in [0.29, 0.717) is 12.1 Å². The molecule has 0 bridgehead atoms. The second kappa shape index (κ2) is 6.26. The minimum Gasteiger partial charge on any atom is -0.348 e. The van der Waals surface area contributed by atoms with Gasteiger partial charge >= 0.3 is 0 Å². The number of rotatable bonds is 4. The van der Waals surface area contributed by atoms with Crippen molar-refractivity contribution in [1.29, 1.82) is 0 Å². The minimum absolute atomic E-state index is 0.0738. The number of carbonyl (C=O) groups excluding carboxylic acids is 1. The van der Waals surface area contributed by atoms with E-state index in [0.717, 1.165) is 16.8 Å². The molecular formula is C18H17N3O. The topological polar surface area (TPSA) is 46.9 Å². The third-order valence-corrected chi connectivity index (χ3v) is 3.50. The highest BCUT2D eigenvalue weighted by Gasteiger charge is 2.08. The summed E-state index contributed by atoms with van der Waals surface area (Å²) >= 11 is 0. The van der Waals surface area contributed by atoms with E-state index in [1.54, 1.807) is 10.9 Å². The summed E-state index contributed by atoms with van der Waals surface area (Å²) in [5, 5.41) is 7.20. The van der Waals surface area contributed by atoms with Gasteiger partial charge in [0.2, 0.25) is 0 Å². The summed E-state index contributed by atoms with van der Waals surface area (Å²) in [5.41, 5.74) is 3.80. The van der Waals surface area contributed by atoms with Crippen LogP contribution in [0.25, 0.3) is 5.69 Å². The summed E-state index contributed by atoms with van der Waals surface area (Å²) in [7, 11) is 0. The van der Waals surface area contributed by atoms with E-state index in [-0.39, 0.29) is 5.91 Å². The quantitative estimate of drug-likeness (QED) is 0.803. The van der Waals surface area contributed by atoms with Crippen molar-refractivity contribution in [2.75, 3.05) is 0 Å². The van der Waals surface area contributed by atoms with Crippen LogP contribution in [0.3, 0.4) is 0 Å². The van der Waals surface area contributed by atoms with Crippen molar-refractivity contribution in [2.24, 2.45) is 0 Å². The number of para-hydroxylation sites is 1. The first-order chi connectivity index (χ1) is 10.7. The minimum atomic E-state index is -0.0738. The molecule has 0 unspecified atom stereocenters. The van der Waals surface area contributed by atoms with Crippen LogP contribution in [0.2, 0.25) is 0 Å². The van der Waals surface area contributed by atoms with Crippen LogP contribution >= 0.6 is 0 Å². The number of aryl methyl sites for hydroxylation is 1. The van der Waals surface area contributed by atoms with E-state index >= 15 is 0 Å². The average molecular weight is 291 g/mol. The van der Waals surface area contributed by atoms with Gasteiger partial charge in [-0.15, -0.1) is 0 Å². The molecule has 0 atom stereocenters. The van der Waals surface area contributed by atoms with Crippen molar-refractivity contribution >= 4 is 5.91 Å². The number of nitrogens with one attached hydrogen (secondary N) is 1. The second-order valence-electron chi connectivity index (χ2n) is 5.13. The van der Waals surface area contributed by atoms with Gasteiger partial charge in [-0.3, -0.25) is 4.79 Å². The van der Waals surface area contributed by atoms with Gasteiger partial charge in [0.25, 0.3) is 5.91 Å². The van der Waals surface area contributed by atoms with Crippen LogP contribution in [-0.2, 0) is 6.54 Å². The molecule has 1 heterocycles. The number of aromatic nitrogens is 2. The lowest BCUT2D eigenvalue weighted by Crippen LogP contribution is -2.23. The lowest BCUT2D eigenvalue weighted by atomic mass is 10.1. The zero-order chi connectivity index (χ0) is 15.4. The van der Waals surface area contributed by atoms with Gasteiger partial charge in [0, 0.05) is 24.5 Å². The molecule has 3 rings (SSSR count). The normalized spacial score (nSPS) is 10.4. The molecule has 4 heteroatoms. The summed E-state index contributed by atoms with van der Waals surface area (Å²) in [4.78, 5) is 12.2. The third kappa shape index (κ3) is 3.06. The highest BCUT2D eigenvalue weighted by Crippen LogP contribution is 2.13. The van der Waals surface area contributed by atoms with Gasteiger partial charge in [-0.1, -0.05) is 35.9 Å². The van der Waals surface area contributed by atoms with Gasteiger partial charge < -0.3 is 5.32 Å². The van der Waals surface area contributed by atoms with Crippen LogP contribution in [0.4, 0.5) is 0 Å². The monoisotopic (exact) mass is 291 g/mol. The molecule has 3 aromatic rings. The van der Waals surface area contributed by atoms with Gasteiger partial charge in [-0.2, -0.15) is 5.10 Å². The summed E-state index contributed by atoms with van der Waals surface area (Å²) in [6, 6.07) is 17.3. The van der Waals surface area contributed by atoms with E-state index < -0.39 is 0 Å². The average Bonchev–Trinajstić information content (AvgIpc) is 3.08. The molecule has 0 radical (unpaired) electrons. The summed E-state index contributed by atoms with van der Waals surface area (Å²) in [5.74, 6) is -0.0738. The molecular weight excluding hydrogens is 274 g/mol. The molecule has 0 fully saturated rings. The Morgan fingerprint density at radius 1 is 1.09 bits per heavy atom. The Kier molecular flexibility index (Phi) is 4.01. The Bertz CT molecular complexity index is 761. The summed E-state index contributed by atoms with van der Waals surface area (Å²) < 4.78 is 1.80. The number of carbonyl (C=O) groups is 1. The highest BCUT2D eigenvalue weighted by atomic mass is 16.1. The van der Waals surface area contributed by atoms with E-state index in [1.165, 1.54) is 0 Å². The number of nitrogens with zero attached hydrogens (tertiary/aromatic N) is 2. The van der Waals surface area contributed by atoms with Crippen LogP contribution < -0.4 is 5.32 Å². The summed E-state index contributed by atoms with van der Waals surface area (Å²) in [6.07, 6.45) is 3.63. The van der Waals surface area contributed by atoms with Gasteiger partial charge in [-0.05, 0) is 36.8 Å². The van der Waals surface area contributed by atoms with Crippen molar-refractivity contribution in [3.63, 3.8) is 0 Å². The smallest absolute Gasteiger partial charge is 0.251 e. The van der Waals surface area contributed by atoms with E-state index in [1.807, 2.05) is 67.7 Å². The fraction of sp³-hybridized carbons (Fsp3) is 0.111. The van der Waals surface area contributed by atoms with Gasteiger partial charge in [0.1, 0.15) is 0 Å². The van der Waals surface area contributed by atoms with Crippen LogP contribution in [0.1, 0.15) is 21.5 Å². The van der Waals surface area contributed by atoms with E-state index in [2.05, 4.69) is 10.4 Å². The molecule has 0 aliphatic rings. The van der Waals surface area contributed by atoms with Crippen LogP contribution in [0.15, 0.2) is 67.0 Å². The second-order valence-corrected chi connectivity index (χ2v) is 5.13. The molecule has 1 amide bonds. The molecule has 0 aliphatic carbocycles. The first-order valence-electron chi connectivity index (χ1n) is 7.17. The lowest BCUT2D eigenvalue weighted by molar-refractivity contribution is 0.0951. The molecule has 1 aromatic heterocycles. The largest absolute Gasteiger partial charge is 0.348 e. The standard InChI is InChI=1S/C18H17N3O/c1-14-7-9-15(10-8-14)18(22)19-13-16-5-2-3-6-17(16)21-12-4-11-20-21/h2-12H,13H2,1H3,(H,19,22). The molecule has 0 aliphatic heterocycles. The van der Waals surface area contributed by atoms with Gasteiger partial charge in [-0.25, -0.2) is 4.68 Å². The van der Waals surface area contributed by atoms with Crippen molar-refractivity contribution in [1.82, 2.24) is 15.1 Å². The Morgan fingerprint density at radius 3 is 2.59 bits per heavy atom. The number of benzene rings is 2. The maximum Gasteiger partial charge on any atom is 0.251 e. The van der Waals surface area contributed by atoms with E-state index in [4.69, 9.17) is 0 Å². The predicted octanol–water partition coefficient (Wildman–Crippen LogP) is 3.11. The fourth-order valence-corrected chi connectivity index (χ4v) is 2.28. The third-order valence-electron chi connectivity index (χ3n) is 3.50. The summed E-state index contributed by atoms with van der Waals surface area (Å²) in [6.45, 7) is 2.46. The maximum absolute atomic E-state index is 12.2. The Morgan fingerprint density at radius 2 is 1.86 bits per heavy atom. The predicted molar refractivity (Wildman–Crippen MR) is 85.9 cm³/mol. The molecule has 2 aromatic carbocycles. The van der Waals surface area contributed by atoms with Gasteiger partial charge in [0.05, 0.1) is 5.69 Å². The highest BCUT2D eigenvalue weighted by molar-refractivity contribution is 5.94. The first-order valence-corrected chi connectivity index (χ1v) is 7.17. The number of hydrogen-bond donors (Lipinski definition) is 1. The lowest BCUT2D eigenvalue weighted by Gasteiger charge is -2.11. The van der Waals surface area contributed by atoms with Crippen LogP contribution in [0.5, 0.6) is 0 Å². The number of amides is 1. The molecule has 4 nitrogen and oxygen atoms in total. The zero-order valence-electron chi connectivity index (χ0n) is 12.4. The molecule has 1 N–H and O–H groups in total. The Balaban J connectivity index is 1.74. The SMILES string of the molecule is Cc1ccc(C(=O)NCc2ccccc2-n2cccn2)cc1. The molecule has 0 saturated carbocycles. The van der Waals surface area contributed by atoms with Crippen molar-refractivity contribution < 1.29 is 4.79 Å².